The predicted molar refractivity (Wildman–Crippen MR) is 132 cm³/mol. The highest BCUT2D eigenvalue weighted by Gasteiger charge is 2.28. The number of halogens is 5. The van der Waals surface area contributed by atoms with Crippen molar-refractivity contribution >= 4 is 79.4 Å². The van der Waals surface area contributed by atoms with Gasteiger partial charge in [0.15, 0.2) is 5.76 Å². The number of hydrogen-bond donors (Lipinski definition) is 2. The lowest BCUT2D eigenvalue weighted by molar-refractivity contribution is 0.120. The van der Waals surface area contributed by atoms with Crippen molar-refractivity contribution in [3.8, 4) is 0 Å². The molecule has 0 unspecified atom stereocenters. The number of ether oxygens (including phenoxy) is 1. The first-order valence-electron chi connectivity index (χ1n) is 9.67. The maximum Gasteiger partial charge on any atom is 0.329 e. The zero-order chi connectivity index (χ0) is 25.3. The average Bonchev–Trinajstić information content (AvgIpc) is 3.37. The van der Waals surface area contributed by atoms with E-state index in [9.17, 15) is 13.2 Å². The van der Waals surface area contributed by atoms with Crippen molar-refractivity contribution in [1.82, 2.24) is 15.2 Å². The van der Waals surface area contributed by atoms with Crippen LogP contribution in [0.15, 0.2) is 38.8 Å². The van der Waals surface area contributed by atoms with Gasteiger partial charge in [-0.3, -0.25) is 0 Å². The van der Waals surface area contributed by atoms with Crippen molar-refractivity contribution in [2.24, 2.45) is 0 Å². The fourth-order valence-electron chi connectivity index (χ4n) is 3.23. The van der Waals surface area contributed by atoms with Crippen LogP contribution in [0.25, 0.3) is 5.57 Å². The van der Waals surface area contributed by atoms with Crippen LogP contribution in [-0.2, 0) is 27.8 Å². The van der Waals surface area contributed by atoms with Crippen molar-refractivity contribution in [2.75, 3.05) is 13.2 Å². The fourth-order valence-corrected chi connectivity index (χ4v) is 6.52. The number of thiophene rings is 1. The van der Waals surface area contributed by atoms with Gasteiger partial charge in [0.2, 0.25) is 0 Å². The Morgan fingerprint density at radius 2 is 1.91 bits per heavy atom. The van der Waals surface area contributed by atoms with Crippen LogP contribution >= 0.6 is 57.7 Å². The first-order chi connectivity index (χ1) is 16.5. The van der Waals surface area contributed by atoms with Gasteiger partial charge in [-0.25, -0.2) is 22.3 Å². The van der Waals surface area contributed by atoms with E-state index in [4.69, 9.17) is 55.7 Å². The van der Waals surface area contributed by atoms with Gasteiger partial charge in [0.05, 0.1) is 29.4 Å². The Labute approximate surface area is 223 Å². The van der Waals surface area contributed by atoms with Crippen LogP contribution < -0.4 is 10.0 Å². The Morgan fingerprint density at radius 1 is 1.14 bits per heavy atom. The van der Waals surface area contributed by atoms with E-state index in [1.165, 1.54) is 0 Å². The van der Waals surface area contributed by atoms with Crippen LogP contribution in [0.4, 0.5) is 9.18 Å². The third-order valence-corrected chi connectivity index (χ3v) is 9.09. The van der Waals surface area contributed by atoms with Crippen LogP contribution in [0.3, 0.4) is 0 Å². The minimum absolute atomic E-state index is 0.0331. The Hall–Kier alpha value is -1.86. The number of hydrogen-bond acceptors (Lipinski definition) is 7. The number of nitrogens with one attached hydrogen (secondary N) is 2. The summed E-state index contributed by atoms with van der Waals surface area (Å²) in [7, 11) is -4.24. The average molecular weight is 601 g/mol. The molecule has 1 aromatic carbocycles. The second-order valence-electron chi connectivity index (χ2n) is 7.19. The lowest BCUT2D eigenvalue weighted by Crippen LogP contribution is -2.39. The molecule has 1 aliphatic rings. The van der Waals surface area contributed by atoms with E-state index in [1.54, 1.807) is 22.9 Å². The molecule has 186 valence electrons. The number of carbonyl (C=O) groups is 1. The third kappa shape index (κ3) is 5.93. The summed E-state index contributed by atoms with van der Waals surface area (Å²) in [5, 5.41) is 7.12. The fraction of sp³-hybridized carbons (Fsp3) is 0.200. The molecule has 4 rings (SSSR count). The van der Waals surface area contributed by atoms with Crippen LogP contribution in [0.1, 0.15) is 22.6 Å². The molecule has 3 heterocycles. The Balaban J connectivity index is 1.50. The highest BCUT2D eigenvalue weighted by Crippen LogP contribution is 2.35. The van der Waals surface area contributed by atoms with E-state index >= 15 is 4.39 Å². The summed E-state index contributed by atoms with van der Waals surface area (Å²) in [6.07, 6.45) is 0.240. The molecule has 15 heteroatoms. The molecule has 0 bridgehead atoms. The molecule has 0 spiro atoms. The van der Waals surface area contributed by atoms with E-state index in [0.29, 0.717) is 44.0 Å². The van der Waals surface area contributed by atoms with E-state index in [1.807, 2.05) is 0 Å². The summed E-state index contributed by atoms with van der Waals surface area (Å²) < 4.78 is 52.0. The Bertz CT molecular complexity index is 1420. The molecule has 1 aliphatic heterocycles. The van der Waals surface area contributed by atoms with Crippen LogP contribution in [-0.4, -0.2) is 32.8 Å². The van der Waals surface area contributed by atoms with Crippen molar-refractivity contribution in [1.29, 1.82) is 0 Å². The number of rotatable bonds is 6. The SMILES string of the molecule is O=C(NC/C(F)=C1\COCc2onc(Cc3ccc(Cl)cc3Cl)c21)NS(=O)(=O)c1cc(Cl)c(Cl)s1. The maximum atomic E-state index is 15.1. The second kappa shape index (κ2) is 10.6. The number of amides is 2. The second-order valence-corrected chi connectivity index (χ2v) is 12.0. The van der Waals surface area contributed by atoms with E-state index in [2.05, 4.69) is 10.5 Å². The number of aromatic nitrogens is 1. The van der Waals surface area contributed by atoms with Crippen molar-refractivity contribution in [3.63, 3.8) is 0 Å². The van der Waals surface area contributed by atoms with Crippen LogP contribution in [0, 0.1) is 0 Å². The Kier molecular flexibility index (Phi) is 7.96. The van der Waals surface area contributed by atoms with Crippen molar-refractivity contribution < 1.29 is 26.9 Å². The van der Waals surface area contributed by atoms with Gasteiger partial charge in [0.1, 0.15) is 21.0 Å². The first-order valence-corrected chi connectivity index (χ1v) is 13.5. The Morgan fingerprint density at radius 3 is 2.60 bits per heavy atom. The smallest absolute Gasteiger partial charge is 0.329 e. The van der Waals surface area contributed by atoms with Crippen molar-refractivity contribution in [2.45, 2.75) is 17.2 Å². The molecule has 35 heavy (non-hydrogen) atoms. The normalized spacial score (nSPS) is 15.0. The molecule has 0 fully saturated rings. The van der Waals surface area contributed by atoms with Gasteiger partial charge in [-0.2, -0.15) is 0 Å². The lowest BCUT2D eigenvalue weighted by atomic mass is 9.97. The first kappa shape index (κ1) is 26.2. The monoisotopic (exact) mass is 599 g/mol. The topological polar surface area (TPSA) is 111 Å². The molecule has 0 radical (unpaired) electrons. The summed E-state index contributed by atoms with van der Waals surface area (Å²) in [4.78, 5) is 12.1. The number of benzene rings is 1. The van der Waals surface area contributed by atoms with Gasteiger partial charge in [-0.15, -0.1) is 11.3 Å². The van der Waals surface area contributed by atoms with Gasteiger partial charge in [0.25, 0.3) is 10.0 Å². The zero-order valence-electron chi connectivity index (χ0n) is 17.3. The summed E-state index contributed by atoms with van der Waals surface area (Å²) in [5.41, 5.74) is 1.66. The number of nitrogens with zero attached hydrogens (tertiary/aromatic N) is 1. The molecule has 3 aromatic rings. The summed E-state index contributed by atoms with van der Waals surface area (Å²) in [5.74, 6) is -0.438. The molecular weight excluding hydrogens is 587 g/mol. The molecule has 2 N–H and O–H groups in total. The third-order valence-electron chi connectivity index (χ3n) is 4.83. The van der Waals surface area contributed by atoms with Crippen LogP contribution in [0.5, 0.6) is 0 Å². The number of sulfonamides is 1. The van der Waals surface area contributed by atoms with Gasteiger partial charge >= 0.3 is 6.03 Å². The van der Waals surface area contributed by atoms with Gasteiger partial charge in [-0.1, -0.05) is 57.6 Å². The van der Waals surface area contributed by atoms with E-state index < -0.39 is 28.4 Å². The molecule has 0 atom stereocenters. The largest absolute Gasteiger partial charge is 0.369 e. The number of fused-ring (bicyclic) bond motifs is 1. The van der Waals surface area contributed by atoms with Crippen LogP contribution in [0.2, 0.25) is 19.4 Å². The molecule has 0 saturated carbocycles. The standard InChI is InChI=1S/C20H14Cl4FN3O5S2/c21-10-2-1-9(12(22)4-10)3-15-18-11(7-32-8-16(18)33-27-15)14(25)6-26-20(29)28-35(30,31)17-5-13(23)19(24)34-17/h1-2,4-5H,3,6-8H2,(H2,26,28,29)/b14-11-. The summed E-state index contributed by atoms with van der Waals surface area (Å²) in [6, 6.07) is 4.95. The quantitative estimate of drug-likeness (QED) is 0.368. The van der Waals surface area contributed by atoms with E-state index in [-0.39, 0.29) is 38.8 Å². The van der Waals surface area contributed by atoms with Crippen molar-refractivity contribution in [3.05, 3.63) is 72.1 Å². The minimum Gasteiger partial charge on any atom is -0.369 e. The molecule has 2 aromatic heterocycles. The molecule has 0 saturated heterocycles. The molecule has 8 nitrogen and oxygen atoms in total. The maximum absolute atomic E-state index is 15.1. The lowest BCUT2D eigenvalue weighted by Gasteiger charge is -2.17. The number of urea groups is 1. The number of carbonyl (C=O) groups excluding carboxylic acids is 1. The highest BCUT2D eigenvalue weighted by atomic mass is 35.5. The molecular formula is C20H14Cl4FN3O5S2. The van der Waals surface area contributed by atoms with Gasteiger partial charge in [0, 0.05) is 22.0 Å². The highest BCUT2D eigenvalue weighted by molar-refractivity contribution is 7.92. The van der Waals surface area contributed by atoms with Gasteiger partial charge in [-0.05, 0) is 23.8 Å². The molecule has 2 amide bonds. The van der Waals surface area contributed by atoms with E-state index in [0.717, 1.165) is 6.07 Å². The zero-order valence-corrected chi connectivity index (χ0v) is 22.0. The summed E-state index contributed by atoms with van der Waals surface area (Å²) in [6.45, 7) is -0.626. The predicted octanol–water partition coefficient (Wildman–Crippen LogP) is 5.84. The molecule has 0 aliphatic carbocycles. The van der Waals surface area contributed by atoms with Gasteiger partial charge < -0.3 is 14.6 Å². The summed E-state index contributed by atoms with van der Waals surface area (Å²) >= 11 is 24.4. The minimum atomic E-state index is -4.24.